The molecule has 1 atom stereocenters. The number of benzene rings is 3. The van der Waals surface area contributed by atoms with Crippen molar-refractivity contribution in [2.24, 2.45) is 0 Å². The Bertz CT molecular complexity index is 915. The monoisotopic (exact) mass is 402 g/mol. The van der Waals surface area contributed by atoms with Crippen molar-refractivity contribution >= 4 is 5.69 Å². The van der Waals surface area contributed by atoms with Crippen molar-refractivity contribution in [3.05, 3.63) is 95.6 Å². The average molecular weight is 403 g/mol. The van der Waals surface area contributed by atoms with Gasteiger partial charge in [-0.25, -0.2) is 0 Å². The Kier molecular flexibility index (Phi) is 7.01. The van der Waals surface area contributed by atoms with E-state index in [0.29, 0.717) is 6.54 Å². The normalized spacial score (nSPS) is 14.2. The first-order valence-corrected chi connectivity index (χ1v) is 10.8. The largest absolute Gasteiger partial charge is 0.491 e. The Morgan fingerprint density at radius 3 is 2.43 bits per heavy atom. The third-order valence-corrected chi connectivity index (χ3v) is 5.48. The molecular weight excluding hydrogens is 372 g/mol. The molecule has 4 rings (SSSR count). The third-order valence-electron chi connectivity index (χ3n) is 5.48. The van der Waals surface area contributed by atoms with Gasteiger partial charge in [-0.15, -0.1) is 0 Å². The molecule has 3 aromatic carbocycles. The van der Waals surface area contributed by atoms with Gasteiger partial charge < -0.3 is 20.1 Å². The Labute approximate surface area is 179 Å². The van der Waals surface area contributed by atoms with E-state index in [0.717, 1.165) is 38.2 Å². The van der Waals surface area contributed by atoms with Crippen LogP contribution in [0.3, 0.4) is 0 Å². The van der Waals surface area contributed by atoms with Crippen LogP contribution in [-0.2, 0) is 19.5 Å². The number of hydrogen-bond donors (Lipinski definition) is 2. The summed E-state index contributed by atoms with van der Waals surface area (Å²) < 4.78 is 5.88. The van der Waals surface area contributed by atoms with Crippen LogP contribution in [0.15, 0.2) is 78.9 Å². The molecular formula is C26H30N2O2. The Balaban J connectivity index is 1.28. The summed E-state index contributed by atoms with van der Waals surface area (Å²) in [5.74, 6) is 0.831. The van der Waals surface area contributed by atoms with Crippen molar-refractivity contribution in [2.45, 2.75) is 32.0 Å². The van der Waals surface area contributed by atoms with Gasteiger partial charge in [-0.3, -0.25) is 0 Å². The zero-order chi connectivity index (χ0) is 20.6. The maximum Gasteiger partial charge on any atom is 0.119 e. The number of rotatable bonds is 9. The molecule has 0 radical (unpaired) electrons. The molecule has 0 aromatic heterocycles. The lowest BCUT2D eigenvalue weighted by atomic mass is 10.0. The predicted molar refractivity (Wildman–Crippen MR) is 122 cm³/mol. The van der Waals surface area contributed by atoms with Gasteiger partial charge in [-0.05, 0) is 47.7 Å². The summed E-state index contributed by atoms with van der Waals surface area (Å²) in [4.78, 5) is 2.44. The summed E-state index contributed by atoms with van der Waals surface area (Å²) >= 11 is 0. The third kappa shape index (κ3) is 5.62. The van der Waals surface area contributed by atoms with Crippen LogP contribution in [0.2, 0.25) is 0 Å². The summed E-state index contributed by atoms with van der Waals surface area (Å²) in [6, 6.07) is 27.1. The highest BCUT2D eigenvalue weighted by Gasteiger charge is 2.18. The summed E-state index contributed by atoms with van der Waals surface area (Å²) in [6.07, 6.45) is 1.67. The number of anilines is 1. The van der Waals surface area contributed by atoms with Gasteiger partial charge in [-0.1, -0.05) is 60.7 Å². The SMILES string of the molecule is OC(CNCc1ccccc1)COc1ccc2c(c1)CCCN2Cc1ccccc1. The lowest BCUT2D eigenvalue weighted by molar-refractivity contribution is 0.106. The van der Waals surface area contributed by atoms with Gasteiger partial charge in [0.15, 0.2) is 0 Å². The first-order valence-electron chi connectivity index (χ1n) is 10.8. The maximum absolute atomic E-state index is 10.2. The second kappa shape index (κ2) is 10.3. The number of fused-ring (bicyclic) bond motifs is 1. The second-order valence-electron chi connectivity index (χ2n) is 7.88. The average Bonchev–Trinajstić information content (AvgIpc) is 2.79. The van der Waals surface area contributed by atoms with E-state index in [1.54, 1.807) is 0 Å². The van der Waals surface area contributed by atoms with Gasteiger partial charge in [0.25, 0.3) is 0 Å². The summed E-state index contributed by atoms with van der Waals surface area (Å²) in [6.45, 7) is 3.54. The van der Waals surface area contributed by atoms with Gasteiger partial charge in [0.05, 0.1) is 0 Å². The quantitative estimate of drug-likeness (QED) is 0.564. The minimum Gasteiger partial charge on any atom is -0.491 e. The number of nitrogens with one attached hydrogen (secondary N) is 1. The molecule has 1 aliphatic heterocycles. The number of aryl methyl sites for hydroxylation is 1. The fourth-order valence-corrected chi connectivity index (χ4v) is 3.94. The standard InChI is InChI=1S/C26H30N2O2/c29-24(18-27-17-21-8-3-1-4-9-21)20-30-25-13-14-26-23(16-25)12-7-15-28(26)19-22-10-5-2-6-11-22/h1-6,8-11,13-14,16,24,27,29H,7,12,15,17-20H2. The highest BCUT2D eigenvalue weighted by Crippen LogP contribution is 2.31. The first kappa shape index (κ1) is 20.5. The van der Waals surface area contributed by atoms with E-state index in [1.165, 1.54) is 22.4 Å². The molecule has 3 aromatic rings. The van der Waals surface area contributed by atoms with Gasteiger partial charge in [0.1, 0.15) is 18.5 Å². The Hall–Kier alpha value is -2.82. The zero-order valence-corrected chi connectivity index (χ0v) is 17.3. The van der Waals surface area contributed by atoms with E-state index < -0.39 is 6.10 Å². The molecule has 1 unspecified atom stereocenters. The van der Waals surface area contributed by atoms with Crippen LogP contribution in [0.1, 0.15) is 23.1 Å². The van der Waals surface area contributed by atoms with Crippen LogP contribution in [0.5, 0.6) is 5.75 Å². The molecule has 156 valence electrons. The molecule has 30 heavy (non-hydrogen) atoms. The maximum atomic E-state index is 10.2. The molecule has 0 amide bonds. The minimum atomic E-state index is -0.542. The van der Waals surface area contributed by atoms with Crippen molar-refractivity contribution in [2.75, 3.05) is 24.6 Å². The van der Waals surface area contributed by atoms with E-state index in [2.05, 4.69) is 64.8 Å². The number of hydrogen-bond acceptors (Lipinski definition) is 4. The topological polar surface area (TPSA) is 44.7 Å². The fraction of sp³-hybridized carbons (Fsp3) is 0.308. The molecule has 0 bridgehead atoms. The number of ether oxygens (including phenoxy) is 1. The van der Waals surface area contributed by atoms with Crippen LogP contribution >= 0.6 is 0 Å². The van der Waals surface area contributed by atoms with Gasteiger partial charge >= 0.3 is 0 Å². The molecule has 0 saturated heterocycles. The van der Waals surface area contributed by atoms with Crippen LogP contribution in [0.25, 0.3) is 0 Å². The van der Waals surface area contributed by atoms with Crippen molar-refractivity contribution in [3.8, 4) is 5.75 Å². The van der Waals surface area contributed by atoms with Crippen LogP contribution < -0.4 is 15.0 Å². The fourth-order valence-electron chi connectivity index (χ4n) is 3.94. The second-order valence-corrected chi connectivity index (χ2v) is 7.88. The number of aliphatic hydroxyl groups excluding tert-OH is 1. The lowest BCUT2D eigenvalue weighted by Crippen LogP contribution is -2.31. The molecule has 0 saturated carbocycles. The summed E-state index contributed by atoms with van der Waals surface area (Å²) in [5.41, 5.74) is 5.16. The van der Waals surface area contributed by atoms with Gasteiger partial charge in [-0.2, -0.15) is 0 Å². The number of aliphatic hydroxyl groups is 1. The smallest absolute Gasteiger partial charge is 0.119 e. The molecule has 2 N–H and O–H groups in total. The van der Waals surface area contributed by atoms with E-state index >= 15 is 0 Å². The molecule has 0 aliphatic carbocycles. The molecule has 4 nitrogen and oxygen atoms in total. The lowest BCUT2D eigenvalue weighted by Gasteiger charge is -2.31. The Morgan fingerprint density at radius 1 is 0.933 bits per heavy atom. The molecule has 0 fully saturated rings. The van der Waals surface area contributed by atoms with E-state index in [1.807, 2.05) is 24.3 Å². The zero-order valence-electron chi connectivity index (χ0n) is 17.3. The molecule has 0 spiro atoms. The van der Waals surface area contributed by atoms with E-state index in [-0.39, 0.29) is 6.61 Å². The van der Waals surface area contributed by atoms with Crippen molar-refractivity contribution in [1.82, 2.24) is 5.32 Å². The van der Waals surface area contributed by atoms with Gasteiger partial charge in [0.2, 0.25) is 0 Å². The van der Waals surface area contributed by atoms with Crippen LogP contribution in [0, 0.1) is 0 Å². The van der Waals surface area contributed by atoms with Crippen LogP contribution in [-0.4, -0.2) is 30.9 Å². The number of nitrogens with zero attached hydrogens (tertiary/aromatic N) is 1. The highest BCUT2D eigenvalue weighted by molar-refractivity contribution is 5.58. The van der Waals surface area contributed by atoms with Crippen molar-refractivity contribution < 1.29 is 9.84 Å². The highest BCUT2D eigenvalue weighted by atomic mass is 16.5. The summed E-state index contributed by atoms with van der Waals surface area (Å²) in [7, 11) is 0. The first-order chi connectivity index (χ1) is 14.8. The van der Waals surface area contributed by atoms with E-state index in [9.17, 15) is 5.11 Å². The van der Waals surface area contributed by atoms with E-state index in [4.69, 9.17) is 4.74 Å². The minimum absolute atomic E-state index is 0.286. The molecule has 4 heteroatoms. The molecule has 1 heterocycles. The summed E-state index contributed by atoms with van der Waals surface area (Å²) in [5, 5.41) is 13.5. The van der Waals surface area contributed by atoms with Crippen LogP contribution in [0.4, 0.5) is 5.69 Å². The van der Waals surface area contributed by atoms with Gasteiger partial charge in [0, 0.05) is 31.9 Å². The van der Waals surface area contributed by atoms with Crippen molar-refractivity contribution in [1.29, 1.82) is 0 Å². The Morgan fingerprint density at radius 2 is 1.67 bits per heavy atom. The predicted octanol–water partition coefficient (Wildman–Crippen LogP) is 4.17. The van der Waals surface area contributed by atoms with Crippen molar-refractivity contribution in [3.63, 3.8) is 0 Å². The molecule has 1 aliphatic rings.